The standard InChI is InChI=1S/C13H12N6O5/c1-7-3-8(2)15-13(14-7)17-16-12(20)9-4-10(18(21)22)6-11(5-9)19(23)24/h3-6H,1-2H3,(H,16,20)(H,14,15,17). The molecule has 11 heteroatoms. The second kappa shape index (κ2) is 6.64. The van der Waals surface area contributed by atoms with Gasteiger partial charge in [0.2, 0.25) is 5.95 Å². The molecule has 0 spiro atoms. The summed E-state index contributed by atoms with van der Waals surface area (Å²) in [6.45, 7) is 3.48. The van der Waals surface area contributed by atoms with E-state index in [-0.39, 0.29) is 11.5 Å². The second-order valence-corrected chi connectivity index (χ2v) is 4.81. The molecule has 0 radical (unpaired) electrons. The summed E-state index contributed by atoms with van der Waals surface area (Å²) in [5, 5.41) is 21.6. The maximum Gasteiger partial charge on any atom is 0.277 e. The summed E-state index contributed by atoms with van der Waals surface area (Å²) in [5.74, 6) is -0.676. The van der Waals surface area contributed by atoms with Gasteiger partial charge in [-0.25, -0.2) is 9.97 Å². The number of hydrazine groups is 1. The smallest absolute Gasteiger partial charge is 0.267 e. The predicted octanol–water partition coefficient (Wildman–Crippen LogP) is 1.67. The lowest BCUT2D eigenvalue weighted by Crippen LogP contribution is -2.30. The average molecular weight is 332 g/mol. The van der Waals surface area contributed by atoms with Crippen molar-refractivity contribution in [3.8, 4) is 0 Å². The van der Waals surface area contributed by atoms with Crippen molar-refractivity contribution in [1.82, 2.24) is 15.4 Å². The fourth-order valence-electron chi connectivity index (χ4n) is 1.90. The number of benzene rings is 1. The molecule has 1 aromatic carbocycles. The van der Waals surface area contributed by atoms with Crippen LogP contribution in [0.25, 0.3) is 0 Å². The molecule has 2 N–H and O–H groups in total. The number of rotatable bonds is 5. The van der Waals surface area contributed by atoms with Crippen LogP contribution in [0.15, 0.2) is 24.3 Å². The van der Waals surface area contributed by atoms with E-state index in [1.54, 1.807) is 19.9 Å². The second-order valence-electron chi connectivity index (χ2n) is 4.81. The van der Waals surface area contributed by atoms with Crippen LogP contribution in [0.5, 0.6) is 0 Å². The minimum Gasteiger partial charge on any atom is -0.267 e. The monoisotopic (exact) mass is 332 g/mol. The Balaban J connectivity index is 2.22. The minimum absolute atomic E-state index is 0.126. The summed E-state index contributed by atoms with van der Waals surface area (Å²) in [5.41, 5.74) is 4.69. The van der Waals surface area contributed by atoms with Crippen LogP contribution in [-0.4, -0.2) is 25.7 Å². The zero-order valence-electron chi connectivity index (χ0n) is 12.6. The summed E-state index contributed by atoms with van der Waals surface area (Å²) in [7, 11) is 0. The molecule has 0 unspecified atom stereocenters. The number of nitro benzene ring substituents is 2. The molecule has 0 saturated heterocycles. The van der Waals surface area contributed by atoms with Crippen LogP contribution in [0.1, 0.15) is 21.7 Å². The number of nitrogens with one attached hydrogen (secondary N) is 2. The van der Waals surface area contributed by atoms with Gasteiger partial charge < -0.3 is 0 Å². The van der Waals surface area contributed by atoms with E-state index >= 15 is 0 Å². The van der Waals surface area contributed by atoms with Crippen LogP contribution in [0.4, 0.5) is 17.3 Å². The van der Waals surface area contributed by atoms with Crippen molar-refractivity contribution in [1.29, 1.82) is 0 Å². The van der Waals surface area contributed by atoms with Crippen LogP contribution >= 0.6 is 0 Å². The van der Waals surface area contributed by atoms with E-state index in [0.717, 1.165) is 18.2 Å². The molecule has 1 aromatic heterocycles. The highest BCUT2D eigenvalue weighted by Crippen LogP contribution is 2.22. The molecule has 1 amide bonds. The normalized spacial score (nSPS) is 10.1. The van der Waals surface area contributed by atoms with Crippen LogP contribution in [0.3, 0.4) is 0 Å². The van der Waals surface area contributed by atoms with Crippen LogP contribution in [0.2, 0.25) is 0 Å². The number of anilines is 1. The minimum atomic E-state index is -0.815. The lowest BCUT2D eigenvalue weighted by molar-refractivity contribution is -0.394. The number of non-ortho nitro benzene ring substituents is 2. The molecule has 0 saturated carbocycles. The molecule has 11 nitrogen and oxygen atoms in total. The number of amides is 1. The maximum absolute atomic E-state index is 12.1. The molecule has 0 aliphatic heterocycles. The third kappa shape index (κ3) is 3.97. The Bertz CT molecular complexity index is 785. The Labute approximate surface area is 135 Å². The van der Waals surface area contributed by atoms with Crippen molar-refractivity contribution in [3.05, 3.63) is 61.4 Å². The number of carbonyl (C=O) groups is 1. The van der Waals surface area contributed by atoms with E-state index in [1.165, 1.54) is 0 Å². The number of hydrogen-bond acceptors (Lipinski definition) is 8. The topological polar surface area (TPSA) is 153 Å². The lowest BCUT2D eigenvalue weighted by Gasteiger charge is -2.08. The highest BCUT2D eigenvalue weighted by Gasteiger charge is 2.19. The number of carbonyl (C=O) groups excluding carboxylic acids is 1. The summed E-state index contributed by atoms with van der Waals surface area (Å²) in [4.78, 5) is 40.1. The quantitative estimate of drug-likeness (QED) is 0.619. The zero-order valence-corrected chi connectivity index (χ0v) is 12.6. The number of aryl methyl sites for hydroxylation is 2. The van der Waals surface area contributed by atoms with Crippen LogP contribution < -0.4 is 10.9 Å². The van der Waals surface area contributed by atoms with Crippen molar-refractivity contribution >= 4 is 23.2 Å². The fourth-order valence-corrected chi connectivity index (χ4v) is 1.90. The Morgan fingerprint density at radius 2 is 1.46 bits per heavy atom. The van der Waals surface area contributed by atoms with Crippen molar-refractivity contribution in [3.63, 3.8) is 0 Å². The van der Waals surface area contributed by atoms with Crippen LogP contribution in [0, 0.1) is 34.1 Å². The van der Waals surface area contributed by atoms with Crippen molar-refractivity contribution in [2.45, 2.75) is 13.8 Å². The predicted molar refractivity (Wildman–Crippen MR) is 82.3 cm³/mol. The molecule has 0 aliphatic rings. The number of hydrogen-bond donors (Lipinski definition) is 2. The lowest BCUT2D eigenvalue weighted by atomic mass is 10.1. The molecule has 0 aliphatic carbocycles. The van der Waals surface area contributed by atoms with E-state index in [1.807, 2.05) is 0 Å². The molecular weight excluding hydrogens is 320 g/mol. The van der Waals surface area contributed by atoms with E-state index in [0.29, 0.717) is 11.4 Å². The summed E-state index contributed by atoms with van der Waals surface area (Å²) in [6.07, 6.45) is 0. The summed E-state index contributed by atoms with van der Waals surface area (Å²) >= 11 is 0. The van der Waals surface area contributed by atoms with Gasteiger partial charge in [0.15, 0.2) is 0 Å². The Morgan fingerprint density at radius 3 is 1.92 bits per heavy atom. The molecule has 124 valence electrons. The summed E-state index contributed by atoms with van der Waals surface area (Å²) in [6, 6.07) is 4.38. The molecule has 0 bridgehead atoms. The van der Waals surface area contributed by atoms with Gasteiger partial charge in [-0.15, -0.1) is 0 Å². The first-order valence-corrected chi connectivity index (χ1v) is 6.59. The van der Waals surface area contributed by atoms with E-state index in [4.69, 9.17) is 0 Å². The van der Waals surface area contributed by atoms with Gasteiger partial charge in [0.05, 0.1) is 21.5 Å². The highest BCUT2D eigenvalue weighted by atomic mass is 16.6. The van der Waals surface area contributed by atoms with E-state index < -0.39 is 27.1 Å². The molecule has 2 aromatic rings. The van der Waals surface area contributed by atoms with Gasteiger partial charge in [-0.3, -0.25) is 35.9 Å². The zero-order chi connectivity index (χ0) is 17.9. The Hall–Kier alpha value is -3.63. The van der Waals surface area contributed by atoms with Gasteiger partial charge >= 0.3 is 0 Å². The summed E-state index contributed by atoms with van der Waals surface area (Å²) < 4.78 is 0. The van der Waals surface area contributed by atoms with Gasteiger partial charge in [-0.1, -0.05) is 0 Å². The average Bonchev–Trinajstić information content (AvgIpc) is 2.51. The molecule has 1 heterocycles. The van der Waals surface area contributed by atoms with Crippen molar-refractivity contribution in [2.24, 2.45) is 0 Å². The van der Waals surface area contributed by atoms with Gasteiger partial charge in [-0.05, 0) is 19.9 Å². The highest BCUT2D eigenvalue weighted by molar-refractivity contribution is 5.96. The number of nitro groups is 2. The third-order valence-electron chi connectivity index (χ3n) is 2.86. The van der Waals surface area contributed by atoms with Gasteiger partial charge in [0, 0.05) is 23.5 Å². The first kappa shape index (κ1) is 16.7. The van der Waals surface area contributed by atoms with E-state index in [9.17, 15) is 25.0 Å². The first-order valence-electron chi connectivity index (χ1n) is 6.59. The van der Waals surface area contributed by atoms with Crippen molar-refractivity contribution < 1.29 is 14.6 Å². The SMILES string of the molecule is Cc1cc(C)nc(NNC(=O)c2cc([N+](=O)[O-])cc([N+](=O)[O-])c2)n1. The Kier molecular flexibility index (Phi) is 4.63. The molecule has 2 rings (SSSR count). The molecule has 0 fully saturated rings. The fraction of sp³-hybridized carbons (Fsp3) is 0.154. The first-order chi connectivity index (χ1) is 11.3. The largest absolute Gasteiger partial charge is 0.277 e. The van der Waals surface area contributed by atoms with Crippen molar-refractivity contribution in [2.75, 3.05) is 5.43 Å². The number of nitrogens with zero attached hydrogens (tertiary/aromatic N) is 4. The van der Waals surface area contributed by atoms with E-state index in [2.05, 4.69) is 20.8 Å². The molecular formula is C13H12N6O5. The molecule has 24 heavy (non-hydrogen) atoms. The van der Waals surface area contributed by atoms with Gasteiger partial charge in [0.25, 0.3) is 17.3 Å². The van der Waals surface area contributed by atoms with Crippen LogP contribution in [-0.2, 0) is 0 Å². The Morgan fingerprint density at radius 1 is 0.958 bits per heavy atom. The maximum atomic E-state index is 12.1. The molecule has 0 atom stereocenters. The number of aromatic nitrogens is 2. The van der Waals surface area contributed by atoms with Gasteiger partial charge in [-0.2, -0.15) is 0 Å². The van der Waals surface area contributed by atoms with Gasteiger partial charge in [0.1, 0.15) is 0 Å². The third-order valence-corrected chi connectivity index (χ3v) is 2.86.